The minimum Gasteiger partial charge on any atom is -0.343 e. The van der Waals surface area contributed by atoms with Crippen LogP contribution in [0.4, 0.5) is 4.39 Å². The standard InChI is InChI=1S/C16H18FN3O3/c1-9-3-4-11(7-12(9)17)16(23)19-5-6-20-13(8-19)14(21)18-10(2)15(20)22/h3-4,7,10,13H,5-6,8H2,1-2H3,(H,18,21)/t10-,13-/m1/s1. The molecule has 3 amide bonds. The molecule has 0 bridgehead atoms. The fraction of sp³-hybridized carbons (Fsp3) is 0.438. The van der Waals surface area contributed by atoms with Gasteiger partial charge in [-0.15, -0.1) is 0 Å². The van der Waals surface area contributed by atoms with Crippen molar-refractivity contribution in [2.75, 3.05) is 19.6 Å². The van der Waals surface area contributed by atoms with E-state index in [4.69, 9.17) is 0 Å². The van der Waals surface area contributed by atoms with Crippen molar-refractivity contribution >= 4 is 17.7 Å². The first-order chi connectivity index (χ1) is 10.9. The number of amides is 3. The molecule has 122 valence electrons. The van der Waals surface area contributed by atoms with E-state index in [1.165, 1.54) is 15.9 Å². The van der Waals surface area contributed by atoms with Gasteiger partial charge in [-0.25, -0.2) is 4.39 Å². The molecule has 2 heterocycles. The largest absolute Gasteiger partial charge is 0.343 e. The third-order valence-corrected chi connectivity index (χ3v) is 4.40. The monoisotopic (exact) mass is 319 g/mol. The Morgan fingerprint density at radius 1 is 1.30 bits per heavy atom. The Bertz CT molecular complexity index is 691. The Morgan fingerprint density at radius 2 is 2.04 bits per heavy atom. The van der Waals surface area contributed by atoms with Crippen molar-refractivity contribution in [3.05, 3.63) is 35.1 Å². The summed E-state index contributed by atoms with van der Waals surface area (Å²) in [6.45, 7) is 4.03. The average Bonchev–Trinajstić information content (AvgIpc) is 2.54. The maximum atomic E-state index is 13.6. The number of carbonyl (C=O) groups is 3. The maximum Gasteiger partial charge on any atom is 0.254 e. The molecule has 0 aromatic heterocycles. The lowest BCUT2D eigenvalue weighted by Crippen LogP contribution is -2.69. The minimum atomic E-state index is -0.674. The van der Waals surface area contributed by atoms with Crippen LogP contribution in [0.2, 0.25) is 0 Å². The van der Waals surface area contributed by atoms with Crippen molar-refractivity contribution in [1.29, 1.82) is 0 Å². The molecule has 0 radical (unpaired) electrons. The number of rotatable bonds is 1. The summed E-state index contributed by atoms with van der Waals surface area (Å²) in [6, 6.07) is 3.12. The van der Waals surface area contributed by atoms with Crippen molar-refractivity contribution in [2.24, 2.45) is 0 Å². The molecule has 0 unspecified atom stereocenters. The van der Waals surface area contributed by atoms with Crippen molar-refractivity contribution in [3.8, 4) is 0 Å². The molecule has 6 nitrogen and oxygen atoms in total. The highest BCUT2D eigenvalue weighted by atomic mass is 19.1. The highest BCUT2D eigenvalue weighted by Gasteiger charge is 2.42. The van der Waals surface area contributed by atoms with E-state index in [2.05, 4.69) is 5.32 Å². The third-order valence-electron chi connectivity index (χ3n) is 4.40. The number of fused-ring (bicyclic) bond motifs is 1. The average molecular weight is 319 g/mol. The van der Waals surface area contributed by atoms with Crippen LogP contribution < -0.4 is 5.32 Å². The normalized spacial score (nSPS) is 24.3. The van der Waals surface area contributed by atoms with Gasteiger partial charge in [-0.05, 0) is 31.5 Å². The van der Waals surface area contributed by atoms with Gasteiger partial charge in [0.1, 0.15) is 17.9 Å². The fourth-order valence-electron chi connectivity index (χ4n) is 2.98. The smallest absolute Gasteiger partial charge is 0.254 e. The van der Waals surface area contributed by atoms with Crippen LogP contribution in [0.1, 0.15) is 22.8 Å². The van der Waals surface area contributed by atoms with E-state index in [-0.39, 0.29) is 29.8 Å². The zero-order valence-corrected chi connectivity index (χ0v) is 13.0. The van der Waals surface area contributed by atoms with Crippen LogP contribution in [0, 0.1) is 12.7 Å². The number of nitrogens with zero attached hydrogens (tertiary/aromatic N) is 2. The molecule has 2 atom stereocenters. The lowest BCUT2D eigenvalue weighted by atomic mass is 10.0. The van der Waals surface area contributed by atoms with Crippen LogP contribution in [0.25, 0.3) is 0 Å². The summed E-state index contributed by atoms with van der Waals surface area (Å²) < 4.78 is 13.6. The van der Waals surface area contributed by atoms with E-state index < -0.39 is 17.9 Å². The van der Waals surface area contributed by atoms with E-state index in [0.29, 0.717) is 18.7 Å². The van der Waals surface area contributed by atoms with Crippen molar-refractivity contribution < 1.29 is 18.8 Å². The zero-order chi connectivity index (χ0) is 16.7. The number of halogens is 1. The first-order valence-corrected chi connectivity index (χ1v) is 7.55. The molecule has 0 spiro atoms. The molecule has 1 N–H and O–H groups in total. The summed E-state index contributed by atoms with van der Waals surface area (Å²) in [6.07, 6.45) is 0. The van der Waals surface area contributed by atoms with Crippen LogP contribution in [0.15, 0.2) is 18.2 Å². The number of hydrogen-bond donors (Lipinski definition) is 1. The van der Waals surface area contributed by atoms with Gasteiger partial charge >= 0.3 is 0 Å². The van der Waals surface area contributed by atoms with E-state index in [1.807, 2.05) is 0 Å². The number of benzene rings is 1. The Kier molecular flexibility index (Phi) is 3.79. The van der Waals surface area contributed by atoms with Gasteiger partial charge in [-0.1, -0.05) is 6.07 Å². The molecule has 2 saturated heterocycles. The van der Waals surface area contributed by atoms with Gasteiger partial charge < -0.3 is 15.1 Å². The van der Waals surface area contributed by atoms with Crippen molar-refractivity contribution in [2.45, 2.75) is 25.9 Å². The highest BCUT2D eigenvalue weighted by molar-refractivity contribution is 5.99. The van der Waals surface area contributed by atoms with E-state index >= 15 is 0 Å². The molecule has 7 heteroatoms. The van der Waals surface area contributed by atoms with Gasteiger partial charge in [0.25, 0.3) is 5.91 Å². The predicted octanol–water partition coefficient (Wildman–Crippen LogP) is 0.305. The molecular formula is C16H18FN3O3. The molecule has 0 aliphatic carbocycles. The summed E-state index contributed by atoms with van der Waals surface area (Å²) >= 11 is 0. The van der Waals surface area contributed by atoms with Crippen LogP contribution in [-0.4, -0.2) is 59.2 Å². The second-order valence-corrected chi connectivity index (χ2v) is 5.99. The third kappa shape index (κ3) is 2.67. The number of hydrogen-bond acceptors (Lipinski definition) is 3. The quantitative estimate of drug-likeness (QED) is 0.810. The number of nitrogens with one attached hydrogen (secondary N) is 1. The van der Waals surface area contributed by atoms with E-state index in [9.17, 15) is 18.8 Å². The van der Waals surface area contributed by atoms with Gasteiger partial charge in [-0.3, -0.25) is 14.4 Å². The Morgan fingerprint density at radius 3 is 2.74 bits per heavy atom. The molecule has 2 aliphatic rings. The lowest BCUT2D eigenvalue weighted by Gasteiger charge is -2.44. The first kappa shape index (κ1) is 15.5. The second-order valence-electron chi connectivity index (χ2n) is 5.99. The number of aryl methyl sites for hydroxylation is 1. The minimum absolute atomic E-state index is 0.124. The van der Waals surface area contributed by atoms with Gasteiger partial charge in [0.2, 0.25) is 11.8 Å². The lowest BCUT2D eigenvalue weighted by molar-refractivity contribution is -0.151. The van der Waals surface area contributed by atoms with Crippen molar-refractivity contribution in [1.82, 2.24) is 15.1 Å². The second kappa shape index (κ2) is 5.64. The summed E-state index contributed by atoms with van der Waals surface area (Å²) in [5, 5.41) is 2.62. The summed E-state index contributed by atoms with van der Waals surface area (Å²) in [5.41, 5.74) is 0.718. The predicted molar refractivity (Wildman–Crippen MR) is 80.1 cm³/mol. The van der Waals surface area contributed by atoms with E-state index in [1.54, 1.807) is 26.0 Å². The van der Waals surface area contributed by atoms with Gasteiger partial charge in [-0.2, -0.15) is 0 Å². The van der Waals surface area contributed by atoms with Crippen LogP contribution >= 0.6 is 0 Å². The molecule has 23 heavy (non-hydrogen) atoms. The van der Waals surface area contributed by atoms with Gasteiger partial charge in [0.05, 0.1) is 6.54 Å². The Balaban J connectivity index is 1.78. The van der Waals surface area contributed by atoms with Crippen LogP contribution in [0.3, 0.4) is 0 Å². The van der Waals surface area contributed by atoms with Crippen LogP contribution in [0.5, 0.6) is 0 Å². The summed E-state index contributed by atoms with van der Waals surface area (Å²) in [4.78, 5) is 39.7. The molecule has 2 aliphatic heterocycles. The molecule has 3 rings (SSSR count). The number of carbonyl (C=O) groups excluding carboxylic acids is 3. The van der Waals surface area contributed by atoms with Crippen molar-refractivity contribution in [3.63, 3.8) is 0 Å². The maximum absolute atomic E-state index is 13.6. The topological polar surface area (TPSA) is 69.7 Å². The highest BCUT2D eigenvalue weighted by Crippen LogP contribution is 2.19. The molecule has 0 saturated carbocycles. The Labute approximate surface area is 133 Å². The van der Waals surface area contributed by atoms with Crippen LogP contribution in [-0.2, 0) is 9.59 Å². The SMILES string of the molecule is Cc1ccc(C(=O)N2CCN3C(=O)[C@@H](C)NC(=O)[C@H]3C2)cc1F. The fourth-order valence-corrected chi connectivity index (χ4v) is 2.98. The first-order valence-electron chi connectivity index (χ1n) is 7.55. The summed E-state index contributed by atoms with van der Waals surface area (Å²) in [5.74, 6) is -1.16. The number of piperazine rings is 2. The van der Waals surface area contributed by atoms with E-state index in [0.717, 1.165) is 0 Å². The summed E-state index contributed by atoms with van der Waals surface area (Å²) in [7, 11) is 0. The molecule has 1 aromatic rings. The van der Waals surface area contributed by atoms with Gasteiger partial charge in [0, 0.05) is 18.7 Å². The zero-order valence-electron chi connectivity index (χ0n) is 13.0. The Hall–Kier alpha value is -2.44. The molecule has 1 aromatic carbocycles. The van der Waals surface area contributed by atoms with Gasteiger partial charge in [0.15, 0.2) is 0 Å². The molecular weight excluding hydrogens is 301 g/mol. The molecule has 2 fully saturated rings.